The molecule has 114 valence electrons. The Labute approximate surface area is 124 Å². The molecule has 3 nitrogen and oxygen atoms in total. The van der Waals surface area contributed by atoms with Crippen LogP contribution in [0.15, 0.2) is 30.3 Å². The first-order valence-electron chi connectivity index (χ1n) is 7.45. The molecule has 0 aliphatic carbocycles. The van der Waals surface area contributed by atoms with E-state index in [1.807, 2.05) is 6.07 Å². The maximum Gasteiger partial charge on any atom is 0.0949 e. The molecule has 0 amide bonds. The molecule has 1 aromatic carbocycles. The fourth-order valence-electron chi connectivity index (χ4n) is 1.95. The van der Waals surface area contributed by atoms with Gasteiger partial charge in [0.15, 0.2) is 0 Å². The van der Waals surface area contributed by atoms with Crippen LogP contribution in [0.2, 0.25) is 0 Å². The minimum Gasteiger partial charge on any atom is -0.372 e. The van der Waals surface area contributed by atoms with E-state index in [9.17, 15) is 0 Å². The first-order chi connectivity index (χ1) is 9.38. The largest absolute Gasteiger partial charge is 0.372 e. The maximum absolute atomic E-state index is 6.08. The standard InChI is InChI=1S/C17H30N2O/c1-17(2,3)18-14-16(15-10-7-6-8-11-15)20-13-9-12-19(4)5/h6-8,10-11,16,18H,9,12-14H2,1-5H3. The Morgan fingerprint density at radius 3 is 2.35 bits per heavy atom. The van der Waals surface area contributed by atoms with Gasteiger partial charge in [-0.05, 0) is 53.4 Å². The molecule has 0 bridgehead atoms. The van der Waals surface area contributed by atoms with Gasteiger partial charge >= 0.3 is 0 Å². The predicted octanol–water partition coefficient (Wildman–Crippen LogP) is 3.08. The molecule has 1 aromatic rings. The SMILES string of the molecule is CN(C)CCCOC(CNC(C)(C)C)c1ccccc1. The highest BCUT2D eigenvalue weighted by Crippen LogP contribution is 2.17. The van der Waals surface area contributed by atoms with Crippen molar-refractivity contribution in [2.45, 2.75) is 38.8 Å². The molecular weight excluding hydrogens is 248 g/mol. The zero-order valence-corrected chi connectivity index (χ0v) is 13.6. The minimum atomic E-state index is 0.111. The van der Waals surface area contributed by atoms with Crippen molar-refractivity contribution in [1.82, 2.24) is 10.2 Å². The van der Waals surface area contributed by atoms with Crippen LogP contribution >= 0.6 is 0 Å². The average Bonchev–Trinajstić information content (AvgIpc) is 2.37. The molecule has 0 aromatic heterocycles. The van der Waals surface area contributed by atoms with E-state index in [1.54, 1.807) is 0 Å². The molecule has 1 unspecified atom stereocenters. The van der Waals surface area contributed by atoms with E-state index in [1.165, 1.54) is 5.56 Å². The second-order valence-corrected chi connectivity index (χ2v) is 6.56. The number of benzene rings is 1. The summed E-state index contributed by atoms with van der Waals surface area (Å²) in [6.45, 7) is 9.25. The van der Waals surface area contributed by atoms with Gasteiger partial charge in [-0.15, -0.1) is 0 Å². The monoisotopic (exact) mass is 278 g/mol. The van der Waals surface area contributed by atoms with Crippen molar-refractivity contribution in [2.24, 2.45) is 0 Å². The van der Waals surface area contributed by atoms with Crippen molar-refractivity contribution < 1.29 is 4.74 Å². The van der Waals surface area contributed by atoms with Gasteiger partial charge in [-0.2, -0.15) is 0 Å². The van der Waals surface area contributed by atoms with Crippen molar-refractivity contribution in [3.8, 4) is 0 Å². The van der Waals surface area contributed by atoms with Gasteiger partial charge in [-0.3, -0.25) is 0 Å². The number of hydrogen-bond acceptors (Lipinski definition) is 3. The number of nitrogens with one attached hydrogen (secondary N) is 1. The summed E-state index contributed by atoms with van der Waals surface area (Å²) in [7, 11) is 4.19. The van der Waals surface area contributed by atoms with E-state index in [4.69, 9.17) is 4.74 Å². The van der Waals surface area contributed by atoms with E-state index >= 15 is 0 Å². The lowest BCUT2D eigenvalue weighted by Gasteiger charge is -2.26. The van der Waals surface area contributed by atoms with E-state index < -0.39 is 0 Å². The normalized spacial score (nSPS) is 13.7. The highest BCUT2D eigenvalue weighted by atomic mass is 16.5. The zero-order chi connectivity index (χ0) is 15.0. The Balaban J connectivity index is 2.51. The van der Waals surface area contributed by atoms with Gasteiger partial charge in [-0.25, -0.2) is 0 Å². The van der Waals surface area contributed by atoms with Crippen LogP contribution in [0.25, 0.3) is 0 Å². The summed E-state index contributed by atoms with van der Waals surface area (Å²) < 4.78 is 6.08. The van der Waals surface area contributed by atoms with Gasteiger partial charge in [0.05, 0.1) is 6.10 Å². The minimum absolute atomic E-state index is 0.111. The fraction of sp³-hybridized carbons (Fsp3) is 0.647. The van der Waals surface area contributed by atoms with Crippen molar-refractivity contribution in [3.05, 3.63) is 35.9 Å². The number of ether oxygens (including phenoxy) is 1. The third-order valence-corrected chi connectivity index (χ3v) is 3.06. The molecule has 0 spiro atoms. The summed E-state index contributed by atoms with van der Waals surface area (Å²) in [4.78, 5) is 2.19. The third kappa shape index (κ3) is 7.63. The molecule has 0 saturated carbocycles. The fourth-order valence-corrected chi connectivity index (χ4v) is 1.95. The molecule has 3 heteroatoms. The van der Waals surface area contributed by atoms with Gasteiger partial charge in [0.25, 0.3) is 0 Å². The first-order valence-corrected chi connectivity index (χ1v) is 7.45. The van der Waals surface area contributed by atoms with Gasteiger partial charge in [-0.1, -0.05) is 30.3 Å². The Bertz CT molecular complexity index is 357. The Morgan fingerprint density at radius 2 is 1.80 bits per heavy atom. The lowest BCUT2D eigenvalue weighted by atomic mass is 10.1. The molecule has 0 radical (unpaired) electrons. The van der Waals surface area contributed by atoms with Crippen LogP contribution in [0.1, 0.15) is 38.9 Å². The molecule has 0 aliphatic rings. The van der Waals surface area contributed by atoms with Gasteiger partial charge < -0.3 is 15.0 Å². The molecule has 1 N–H and O–H groups in total. The average molecular weight is 278 g/mol. The Kier molecular flexibility index (Phi) is 7.20. The Morgan fingerprint density at radius 1 is 1.15 bits per heavy atom. The molecule has 20 heavy (non-hydrogen) atoms. The smallest absolute Gasteiger partial charge is 0.0949 e. The summed E-state index contributed by atoms with van der Waals surface area (Å²) >= 11 is 0. The van der Waals surface area contributed by atoms with Gasteiger partial charge in [0.1, 0.15) is 0 Å². The molecule has 0 heterocycles. The van der Waals surface area contributed by atoms with Crippen LogP contribution in [0.3, 0.4) is 0 Å². The molecule has 0 fully saturated rings. The highest BCUT2D eigenvalue weighted by molar-refractivity contribution is 5.18. The molecular formula is C17H30N2O. The quantitative estimate of drug-likeness (QED) is 0.740. The van der Waals surface area contributed by atoms with Crippen molar-refractivity contribution >= 4 is 0 Å². The summed E-state index contributed by atoms with van der Waals surface area (Å²) in [5, 5.41) is 3.53. The van der Waals surface area contributed by atoms with Crippen molar-refractivity contribution in [1.29, 1.82) is 0 Å². The lowest BCUT2D eigenvalue weighted by Crippen LogP contribution is -2.39. The summed E-state index contributed by atoms with van der Waals surface area (Å²) in [5.74, 6) is 0. The van der Waals surface area contributed by atoms with Gasteiger partial charge in [0, 0.05) is 18.7 Å². The topological polar surface area (TPSA) is 24.5 Å². The first kappa shape index (κ1) is 17.2. The zero-order valence-electron chi connectivity index (χ0n) is 13.6. The lowest BCUT2D eigenvalue weighted by molar-refractivity contribution is 0.0440. The molecule has 1 atom stereocenters. The Hall–Kier alpha value is -0.900. The van der Waals surface area contributed by atoms with E-state index in [0.29, 0.717) is 0 Å². The summed E-state index contributed by atoms with van der Waals surface area (Å²) in [5.41, 5.74) is 1.36. The predicted molar refractivity (Wildman–Crippen MR) is 86.1 cm³/mol. The number of rotatable bonds is 8. The molecule has 0 saturated heterocycles. The van der Waals surface area contributed by atoms with Gasteiger partial charge in [0.2, 0.25) is 0 Å². The van der Waals surface area contributed by atoms with Crippen molar-refractivity contribution in [2.75, 3.05) is 33.8 Å². The van der Waals surface area contributed by atoms with Crippen LogP contribution in [0, 0.1) is 0 Å². The van der Waals surface area contributed by atoms with Crippen LogP contribution in [-0.2, 0) is 4.74 Å². The molecule has 1 rings (SSSR count). The third-order valence-electron chi connectivity index (χ3n) is 3.06. The van der Waals surface area contributed by atoms with E-state index in [-0.39, 0.29) is 11.6 Å². The van der Waals surface area contributed by atoms with E-state index in [0.717, 1.165) is 26.1 Å². The second kappa shape index (κ2) is 8.40. The summed E-state index contributed by atoms with van der Waals surface area (Å²) in [6.07, 6.45) is 1.18. The number of hydrogen-bond donors (Lipinski definition) is 1. The van der Waals surface area contributed by atoms with Crippen LogP contribution in [0.4, 0.5) is 0 Å². The maximum atomic E-state index is 6.08. The van der Waals surface area contributed by atoms with Crippen molar-refractivity contribution in [3.63, 3.8) is 0 Å². The van der Waals surface area contributed by atoms with Crippen LogP contribution in [0.5, 0.6) is 0 Å². The summed E-state index contributed by atoms with van der Waals surface area (Å²) in [6, 6.07) is 10.5. The highest BCUT2D eigenvalue weighted by Gasteiger charge is 2.16. The number of nitrogens with zero attached hydrogens (tertiary/aromatic N) is 1. The van der Waals surface area contributed by atoms with Crippen LogP contribution < -0.4 is 5.32 Å². The van der Waals surface area contributed by atoms with Crippen LogP contribution in [-0.4, -0.2) is 44.2 Å². The molecule has 0 aliphatic heterocycles. The van der Waals surface area contributed by atoms with E-state index in [2.05, 4.69) is 69.3 Å². The second-order valence-electron chi connectivity index (χ2n) is 6.56.